The molecule has 18 heavy (non-hydrogen) atoms. The van der Waals surface area contributed by atoms with Crippen molar-refractivity contribution in [2.75, 3.05) is 30.8 Å². The maximum absolute atomic E-state index is 11.8. The van der Waals surface area contributed by atoms with Gasteiger partial charge in [0.05, 0.1) is 24.1 Å². The van der Waals surface area contributed by atoms with E-state index < -0.39 is 18.9 Å². The summed E-state index contributed by atoms with van der Waals surface area (Å²) in [4.78, 5) is 14.9. The largest absolute Gasteiger partial charge is 0.384 e. The van der Waals surface area contributed by atoms with Gasteiger partial charge in [-0.3, -0.25) is 4.79 Å². The zero-order chi connectivity index (χ0) is 13.5. The molecule has 0 aliphatic carbocycles. The Balaban J connectivity index is 2.49. The van der Waals surface area contributed by atoms with E-state index in [4.69, 9.17) is 11.5 Å². The van der Waals surface area contributed by atoms with Gasteiger partial charge in [0, 0.05) is 6.54 Å². The molecule has 1 aromatic rings. The molecule has 0 aliphatic heterocycles. The van der Waals surface area contributed by atoms with E-state index in [1.807, 2.05) is 0 Å². The Morgan fingerprint density at radius 2 is 2.28 bits per heavy atom. The lowest BCUT2D eigenvalue weighted by atomic mass is 10.2. The third-order valence-electron chi connectivity index (χ3n) is 2.00. The fraction of sp³-hybridized carbons (Fsp3) is 0.400. The summed E-state index contributed by atoms with van der Waals surface area (Å²) in [5.41, 5.74) is 11.2. The molecule has 1 rings (SSSR count). The molecule has 0 aromatic carbocycles. The molecule has 6 nitrogen and oxygen atoms in total. The molecule has 5 N–H and O–H groups in total. The molecule has 8 heteroatoms. The third-order valence-corrected chi connectivity index (χ3v) is 2.00. The SMILES string of the molecule is NC(=O)c1cc(N)ncc1NCCOCC(F)F. The highest BCUT2D eigenvalue weighted by molar-refractivity contribution is 5.98. The number of halogens is 2. The Labute approximate surface area is 102 Å². The molecular formula is C10H14F2N4O2. The smallest absolute Gasteiger partial charge is 0.261 e. The predicted octanol–water partition coefficient (Wildman–Crippen LogP) is 0.456. The summed E-state index contributed by atoms with van der Waals surface area (Å²) in [7, 11) is 0. The van der Waals surface area contributed by atoms with Crippen LogP contribution in [0, 0.1) is 0 Å². The summed E-state index contributed by atoms with van der Waals surface area (Å²) in [5, 5.41) is 2.81. The zero-order valence-corrected chi connectivity index (χ0v) is 9.53. The van der Waals surface area contributed by atoms with Gasteiger partial charge in [-0.2, -0.15) is 0 Å². The van der Waals surface area contributed by atoms with E-state index in [1.165, 1.54) is 12.3 Å². The molecule has 0 radical (unpaired) electrons. The zero-order valence-electron chi connectivity index (χ0n) is 9.53. The Bertz CT molecular complexity index is 415. The van der Waals surface area contributed by atoms with Gasteiger partial charge in [0.2, 0.25) is 0 Å². The number of primary amides is 1. The van der Waals surface area contributed by atoms with Crippen LogP contribution in [-0.2, 0) is 4.74 Å². The summed E-state index contributed by atoms with van der Waals surface area (Å²) in [6.07, 6.45) is -1.15. The second-order valence-corrected chi connectivity index (χ2v) is 3.41. The fourth-order valence-electron chi connectivity index (χ4n) is 1.25. The van der Waals surface area contributed by atoms with Gasteiger partial charge >= 0.3 is 0 Å². The number of ether oxygens (including phenoxy) is 1. The van der Waals surface area contributed by atoms with Crippen LogP contribution in [0.25, 0.3) is 0 Å². The quantitative estimate of drug-likeness (QED) is 0.618. The van der Waals surface area contributed by atoms with Crippen molar-refractivity contribution >= 4 is 17.4 Å². The van der Waals surface area contributed by atoms with Crippen molar-refractivity contribution < 1.29 is 18.3 Å². The number of nitrogen functional groups attached to an aromatic ring is 1. The molecule has 1 heterocycles. The summed E-state index contributed by atoms with van der Waals surface area (Å²) >= 11 is 0. The van der Waals surface area contributed by atoms with Crippen LogP contribution < -0.4 is 16.8 Å². The normalized spacial score (nSPS) is 10.6. The minimum Gasteiger partial charge on any atom is -0.384 e. The highest BCUT2D eigenvalue weighted by Crippen LogP contribution is 2.15. The number of carbonyl (C=O) groups is 1. The van der Waals surface area contributed by atoms with Crippen LogP contribution in [0.2, 0.25) is 0 Å². The second kappa shape index (κ2) is 6.70. The molecule has 1 amide bonds. The Kier molecular flexibility index (Phi) is 5.25. The lowest BCUT2D eigenvalue weighted by molar-refractivity contribution is 0.0215. The number of carbonyl (C=O) groups excluding carboxylic acids is 1. The molecule has 1 aromatic heterocycles. The average molecular weight is 260 g/mol. The summed E-state index contributed by atoms with van der Waals surface area (Å²) < 4.78 is 28.2. The maximum Gasteiger partial charge on any atom is 0.261 e. The van der Waals surface area contributed by atoms with E-state index >= 15 is 0 Å². The summed E-state index contributed by atoms with van der Waals surface area (Å²) in [6.45, 7) is -0.296. The lowest BCUT2D eigenvalue weighted by Gasteiger charge is -2.10. The molecule has 0 fully saturated rings. The topological polar surface area (TPSA) is 103 Å². The van der Waals surface area contributed by atoms with Gasteiger partial charge in [-0.1, -0.05) is 0 Å². The van der Waals surface area contributed by atoms with Gasteiger partial charge in [-0.25, -0.2) is 13.8 Å². The number of hydrogen-bond donors (Lipinski definition) is 3. The van der Waals surface area contributed by atoms with Gasteiger partial charge < -0.3 is 21.5 Å². The Morgan fingerprint density at radius 1 is 1.56 bits per heavy atom. The van der Waals surface area contributed by atoms with Gasteiger partial charge in [0.1, 0.15) is 12.4 Å². The molecule has 0 atom stereocenters. The molecule has 0 saturated heterocycles. The first-order valence-electron chi connectivity index (χ1n) is 5.15. The monoisotopic (exact) mass is 260 g/mol. The minimum absolute atomic E-state index is 0.0763. The first-order valence-corrected chi connectivity index (χ1v) is 5.15. The number of nitrogens with two attached hydrogens (primary N) is 2. The van der Waals surface area contributed by atoms with Crippen LogP contribution in [0.15, 0.2) is 12.3 Å². The van der Waals surface area contributed by atoms with Gasteiger partial charge in [-0.05, 0) is 6.07 Å². The average Bonchev–Trinajstić information content (AvgIpc) is 2.29. The van der Waals surface area contributed by atoms with Crippen molar-refractivity contribution in [3.8, 4) is 0 Å². The van der Waals surface area contributed by atoms with Crippen LogP contribution in [0.3, 0.4) is 0 Å². The molecule has 0 aliphatic rings. The van der Waals surface area contributed by atoms with E-state index in [0.29, 0.717) is 5.69 Å². The van der Waals surface area contributed by atoms with Crippen molar-refractivity contribution in [2.45, 2.75) is 6.43 Å². The van der Waals surface area contributed by atoms with E-state index in [0.717, 1.165) is 0 Å². The second-order valence-electron chi connectivity index (χ2n) is 3.41. The lowest BCUT2D eigenvalue weighted by Crippen LogP contribution is -2.18. The molecule has 0 spiro atoms. The van der Waals surface area contributed by atoms with E-state index in [1.54, 1.807) is 0 Å². The van der Waals surface area contributed by atoms with Crippen LogP contribution >= 0.6 is 0 Å². The Morgan fingerprint density at radius 3 is 2.89 bits per heavy atom. The number of hydrogen-bond acceptors (Lipinski definition) is 5. The number of amides is 1. The molecule has 0 bridgehead atoms. The first-order chi connectivity index (χ1) is 8.50. The van der Waals surface area contributed by atoms with Gasteiger partial charge in [0.15, 0.2) is 0 Å². The van der Waals surface area contributed by atoms with Crippen LogP contribution in [0.4, 0.5) is 20.3 Å². The van der Waals surface area contributed by atoms with Crippen molar-refractivity contribution in [3.05, 3.63) is 17.8 Å². The first kappa shape index (κ1) is 14.1. The number of aromatic nitrogens is 1. The van der Waals surface area contributed by atoms with Crippen molar-refractivity contribution in [3.63, 3.8) is 0 Å². The van der Waals surface area contributed by atoms with Crippen LogP contribution in [-0.4, -0.2) is 37.1 Å². The van der Waals surface area contributed by atoms with Crippen molar-refractivity contribution in [1.82, 2.24) is 4.98 Å². The number of alkyl halides is 2. The number of anilines is 2. The van der Waals surface area contributed by atoms with E-state index in [2.05, 4.69) is 15.0 Å². The number of rotatable bonds is 7. The standard InChI is InChI=1S/C10H14F2N4O2/c11-8(12)5-18-2-1-15-7-4-16-9(13)3-6(7)10(14)17/h3-4,8,15H,1-2,5H2,(H2,13,16)(H2,14,17). The fourth-order valence-corrected chi connectivity index (χ4v) is 1.25. The van der Waals surface area contributed by atoms with Crippen molar-refractivity contribution in [2.24, 2.45) is 5.73 Å². The van der Waals surface area contributed by atoms with E-state index in [9.17, 15) is 13.6 Å². The highest BCUT2D eigenvalue weighted by Gasteiger charge is 2.09. The van der Waals surface area contributed by atoms with Gasteiger partial charge in [0.25, 0.3) is 12.3 Å². The van der Waals surface area contributed by atoms with Gasteiger partial charge in [-0.15, -0.1) is 0 Å². The maximum atomic E-state index is 11.8. The number of nitrogens with zero attached hydrogens (tertiary/aromatic N) is 1. The highest BCUT2D eigenvalue weighted by atomic mass is 19.3. The van der Waals surface area contributed by atoms with Crippen molar-refractivity contribution in [1.29, 1.82) is 0 Å². The molecule has 0 unspecified atom stereocenters. The number of nitrogens with one attached hydrogen (secondary N) is 1. The summed E-state index contributed by atoms with van der Waals surface area (Å²) in [6, 6.07) is 1.34. The molecule has 100 valence electrons. The van der Waals surface area contributed by atoms with Crippen LogP contribution in [0.1, 0.15) is 10.4 Å². The molecule has 0 saturated carbocycles. The van der Waals surface area contributed by atoms with E-state index in [-0.39, 0.29) is 24.5 Å². The predicted molar refractivity (Wildman–Crippen MR) is 62.5 cm³/mol. The van der Waals surface area contributed by atoms with Crippen LogP contribution in [0.5, 0.6) is 0 Å². The Hall–Kier alpha value is -1.96. The third kappa shape index (κ3) is 4.50. The summed E-state index contributed by atoms with van der Waals surface area (Å²) in [5.74, 6) is -0.483. The molecular weight excluding hydrogens is 246 g/mol. The minimum atomic E-state index is -2.50. The number of pyridine rings is 1.